The van der Waals surface area contributed by atoms with Crippen LogP contribution in [-0.2, 0) is 11.3 Å². The molecule has 1 aromatic carbocycles. The molecule has 0 fully saturated rings. The first-order chi connectivity index (χ1) is 9.60. The summed E-state index contributed by atoms with van der Waals surface area (Å²) in [6, 6.07) is 5.28. The Balaban J connectivity index is 2.76. The Kier molecular flexibility index (Phi) is 7.55. The number of nitrogens with zero attached hydrogens (tertiary/aromatic N) is 1. The Labute approximate surface area is 122 Å². The van der Waals surface area contributed by atoms with Crippen LogP contribution in [0.4, 0.5) is 10.1 Å². The molecule has 114 valence electrons. The average Bonchev–Trinajstić information content (AvgIpc) is 2.44. The lowest BCUT2D eigenvalue weighted by Gasteiger charge is -2.25. The lowest BCUT2D eigenvalue weighted by atomic mass is 10.1. The third-order valence-corrected chi connectivity index (χ3v) is 3.57. The summed E-state index contributed by atoms with van der Waals surface area (Å²) in [6.07, 6.45) is 1.13. The van der Waals surface area contributed by atoms with Crippen molar-refractivity contribution >= 4 is 5.69 Å². The van der Waals surface area contributed by atoms with E-state index < -0.39 is 0 Å². The van der Waals surface area contributed by atoms with Gasteiger partial charge in [-0.25, -0.2) is 4.39 Å². The second-order valence-electron chi connectivity index (χ2n) is 5.30. The van der Waals surface area contributed by atoms with Crippen LogP contribution in [-0.4, -0.2) is 33.9 Å². The molecule has 0 aromatic heterocycles. The van der Waals surface area contributed by atoms with Gasteiger partial charge in [-0.05, 0) is 18.1 Å². The van der Waals surface area contributed by atoms with E-state index in [-0.39, 0.29) is 5.82 Å². The molecule has 0 aliphatic carbocycles. The van der Waals surface area contributed by atoms with Crippen molar-refractivity contribution in [2.45, 2.75) is 26.8 Å². The molecular formula is C16H27FN2O. The first-order valence-electron chi connectivity index (χ1n) is 7.28. The highest BCUT2D eigenvalue weighted by molar-refractivity contribution is 5.53. The molecule has 3 nitrogen and oxygen atoms in total. The molecule has 0 heterocycles. The first-order valence-corrected chi connectivity index (χ1v) is 7.28. The Hall–Kier alpha value is -1.13. The molecule has 0 saturated carbocycles. The largest absolute Gasteiger partial charge is 0.383 e. The molecule has 20 heavy (non-hydrogen) atoms. The van der Waals surface area contributed by atoms with E-state index in [9.17, 15) is 4.39 Å². The SMILES string of the molecule is CCC(C)CN(C)c1cccc(F)c1CNCCOC. The summed E-state index contributed by atoms with van der Waals surface area (Å²) in [5.41, 5.74) is 1.70. The van der Waals surface area contributed by atoms with Crippen LogP contribution in [0.15, 0.2) is 18.2 Å². The minimum Gasteiger partial charge on any atom is -0.383 e. The Morgan fingerprint density at radius 1 is 1.40 bits per heavy atom. The van der Waals surface area contributed by atoms with Crippen LogP contribution in [0, 0.1) is 11.7 Å². The highest BCUT2D eigenvalue weighted by Crippen LogP contribution is 2.23. The zero-order valence-electron chi connectivity index (χ0n) is 13.1. The number of halogens is 1. The Bertz CT molecular complexity index is 398. The van der Waals surface area contributed by atoms with E-state index in [4.69, 9.17) is 4.74 Å². The average molecular weight is 282 g/mol. The number of rotatable bonds is 9. The van der Waals surface area contributed by atoms with Crippen molar-refractivity contribution in [1.82, 2.24) is 5.32 Å². The van der Waals surface area contributed by atoms with E-state index in [1.165, 1.54) is 6.07 Å². The van der Waals surface area contributed by atoms with Gasteiger partial charge in [-0.1, -0.05) is 26.3 Å². The quantitative estimate of drug-likeness (QED) is 0.705. The van der Waals surface area contributed by atoms with Gasteiger partial charge in [-0.3, -0.25) is 0 Å². The molecule has 0 amide bonds. The summed E-state index contributed by atoms with van der Waals surface area (Å²) in [4.78, 5) is 2.14. The molecule has 4 heteroatoms. The molecule has 0 aliphatic heterocycles. The van der Waals surface area contributed by atoms with E-state index in [1.54, 1.807) is 13.2 Å². The molecule has 1 rings (SSSR count). The highest BCUT2D eigenvalue weighted by atomic mass is 19.1. The van der Waals surface area contributed by atoms with Crippen LogP contribution >= 0.6 is 0 Å². The minimum absolute atomic E-state index is 0.150. The van der Waals surface area contributed by atoms with Gasteiger partial charge in [0.15, 0.2) is 0 Å². The fraction of sp³-hybridized carbons (Fsp3) is 0.625. The number of nitrogens with one attached hydrogen (secondary N) is 1. The van der Waals surface area contributed by atoms with Crippen LogP contribution in [0.5, 0.6) is 0 Å². The predicted octanol–water partition coefficient (Wildman–Crippen LogP) is 3.04. The monoisotopic (exact) mass is 282 g/mol. The van der Waals surface area contributed by atoms with E-state index in [0.717, 1.165) is 30.8 Å². The number of anilines is 1. The fourth-order valence-corrected chi connectivity index (χ4v) is 2.16. The van der Waals surface area contributed by atoms with Gasteiger partial charge in [0.1, 0.15) is 5.82 Å². The molecule has 0 saturated heterocycles. The Morgan fingerprint density at radius 2 is 2.15 bits per heavy atom. The van der Waals surface area contributed by atoms with Gasteiger partial charge in [0.05, 0.1) is 6.61 Å². The molecule has 0 aliphatic rings. The lowest BCUT2D eigenvalue weighted by Crippen LogP contribution is -2.27. The van der Waals surface area contributed by atoms with Crippen molar-refractivity contribution < 1.29 is 9.13 Å². The maximum absolute atomic E-state index is 14.0. The van der Waals surface area contributed by atoms with Crippen molar-refractivity contribution in [1.29, 1.82) is 0 Å². The first kappa shape index (κ1) is 16.9. The van der Waals surface area contributed by atoms with Crippen molar-refractivity contribution in [3.8, 4) is 0 Å². The second kappa shape index (κ2) is 8.93. The molecule has 1 unspecified atom stereocenters. The zero-order chi connectivity index (χ0) is 15.0. The number of methoxy groups -OCH3 is 1. The fourth-order valence-electron chi connectivity index (χ4n) is 2.16. The molecule has 0 bridgehead atoms. The van der Waals surface area contributed by atoms with Crippen molar-refractivity contribution in [3.63, 3.8) is 0 Å². The molecule has 0 spiro atoms. The summed E-state index contributed by atoms with van der Waals surface area (Å²) in [6.45, 7) is 7.21. The summed E-state index contributed by atoms with van der Waals surface area (Å²) < 4.78 is 19.0. The number of hydrogen-bond acceptors (Lipinski definition) is 3. The Morgan fingerprint density at radius 3 is 2.80 bits per heavy atom. The highest BCUT2D eigenvalue weighted by Gasteiger charge is 2.13. The van der Waals surface area contributed by atoms with Crippen molar-refractivity contribution in [3.05, 3.63) is 29.6 Å². The second-order valence-corrected chi connectivity index (χ2v) is 5.30. The number of ether oxygens (including phenoxy) is 1. The van der Waals surface area contributed by atoms with E-state index in [1.807, 2.05) is 13.1 Å². The smallest absolute Gasteiger partial charge is 0.129 e. The summed E-state index contributed by atoms with van der Waals surface area (Å²) in [5.74, 6) is 0.445. The van der Waals surface area contributed by atoms with Crippen LogP contribution in [0.3, 0.4) is 0 Å². The molecular weight excluding hydrogens is 255 g/mol. The van der Waals surface area contributed by atoms with Gasteiger partial charge in [-0.2, -0.15) is 0 Å². The third kappa shape index (κ3) is 5.10. The lowest BCUT2D eigenvalue weighted by molar-refractivity contribution is 0.199. The summed E-state index contributed by atoms with van der Waals surface area (Å²) in [5, 5.41) is 3.21. The van der Waals surface area contributed by atoms with E-state index >= 15 is 0 Å². The maximum Gasteiger partial charge on any atom is 0.129 e. The molecule has 0 radical (unpaired) electrons. The van der Waals surface area contributed by atoms with Gasteiger partial charge >= 0.3 is 0 Å². The van der Waals surface area contributed by atoms with Gasteiger partial charge in [0.2, 0.25) is 0 Å². The predicted molar refractivity (Wildman–Crippen MR) is 82.7 cm³/mol. The summed E-state index contributed by atoms with van der Waals surface area (Å²) >= 11 is 0. The zero-order valence-corrected chi connectivity index (χ0v) is 13.1. The van der Waals surface area contributed by atoms with Crippen molar-refractivity contribution in [2.75, 3.05) is 38.8 Å². The molecule has 1 N–H and O–H groups in total. The van der Waals surface area contributed by atoms with E-state index in [2.05, 4.69) is 24.1 Å². The van der Waals surface area contributed by atoms with Crippen LogP contribution < -0.4 is 10.2 Å². The number of benzene rings is 1. The van der Waals surface area contributed by atoms with E-state index in [0.29, 0.717) is 19.1 Å². The van der Waals surface area contributed by atoms with Gasteiger partial charge in [0, 0.05) is 45.0 Å². The minimum atomic E-state index is -0.150. The van der Waals surface area contributed by atoms with Gasteiger partial charge < -0.3 is 15.0 Å². The maximum atomic E-state index is 14.0. The normalized spacial score (nSPS) is 12.4. The molecule has 1 aromatic rings. The van der Waals surface area contributed by atoms with Crippen LogP contribution in [0.1, 0.15) is 25.8 Å². The van der Waals surface area contributed by atoms with Crippen molar-refractivity contribution in [2.24, 2.45) is 5.92 Å². The van der Waals surface area contributed by atoms with Gasteiger partial charge in [-0.15, -0.1) is 0 Å². The standard InChI is InChI=1S/C16H27FN2O/c1-5-13(2)12-19(3)16-8-6-7-15(17)14(16)11-18-9-10-20-4/h6-8,13,18H,5,9-12H2,1-4H3. The van der Waals surface area contributed by atoms with Gasteiger partial charge in [0.25, 0.3) is 0 Å². The topological polar surface area (TPSA) is 24.5 Å². The third-order valence-electron chi connectivity index (χ3n) is 3.57. The number of hydrogen-bond donors (Lipinski definition) is 1. The molecule has 1 atom stereocenters. The summed E-state index contributed by atoms with van der Waals surface area (Å²) in [7, 11) is 3.69. The van der Waals surface area contributed by atoms with Crippen LogP contribution in [0.25, 0.3) is 0 Å². The van der Waals surface area contributed by atoms with Crippen LogP contribution in [0.2, 0.25) is 0 Å².